The van der Waals surface area contributed by atoms with Gasteiger partial charge in [-0.05, 0) is 51.5 Å². The minimum absolute atomic E-state index is 0.0308. The Morgan fingerprint density at radius 1 is 1.19 bits per heavy atom. The maximum atomic E-state index is 12.9. The Bertz CT molecular complexity index is 1060. The Labute approximate surface area is 183 Å². The molecule has 0 aliphatic rings. The summed E-state index contributed by atoms with van der Waals surface area (Å²) in [6, 6.07) is 5.18. The van der Waals surface area contributed by atoms with Crippen molar-refractivity contribution in [2.75, 3.05) is 5.32 Å². The van der Waals surface area contributed by atoms with Gasteiger partial charge in [0.25, 0.3) is 0 Å². The first-order valence-corrected chi connectivity index (χ1v) is 9.49. The normalized spacial score (nSPS) is 12.2. The lowest BCUT2D eigenvalue weighted by molar-refractivity contribution is -0.210. The van der Waals surface area contributed by atoms with Gasteiger partial charge in [-0.3, -0.25) is 20.4 Å². The van der Waals surface area contributed by atoms with Gasteiger partial charge in [0.05, 0.1) is 11.4 Å². The number of amides is 3. The maximum Gasteiger partial charge on any atom is 0.402 e. The molecule has 2 heterocycles. The fourth-order valence-corrected chi connectivity index (χ4v) is 2.39. The van der Waals surface area contributed by atoms with E-state index >= 15 is 0 Å². The van der Waals surface area contributed by atoms with Crippen molar-refractivity contribution in [1.29, 1.82) is 0 Å². The highest BCUT2D eigenvalue weighted by atomic mass is 19.4. The van der Waals surface area contributed by atoms with Crippen molar-refractivity contribution < 1.29 is 27.5 Å². The summed E-state index contributed by atoms with van der Waals surface area (Å²) in [7, 11) is 0. The molecule has 0 saturated carbocycles. The van der Waals surface area contributed by atoms with Crippen LogP contribution in [-0.2, 0) is 4.79 Å². The molecule has 0 spiro atoms. The molecule has 0 unspecified atom stereocenters. The van der Waals surface area contributed by atoms with Crippen LogP contribution in [0.4, 0.5) is 23.8 Å². The number of hydrogen-bond donors (Lipinski definition) is 2. The second kappa shape index (κ2) is 9.63. The highest BCUT2D eigenvalue weighted by Gasteiger charge is 2.53. The number of alkyl halides is 3. The van der Waals surface area contributed by atoms with Crippen molar-refractivity contribution in [3.8, 4) is 11.5 Å². The number of rotatable bonds is 6. The number of urea groups is 1. The molecule has 7 nitrogen and oxygen atoms in total. The number of anilines is 1. The fourth-order valence-electron chi connectivity index (χ4n) is 2.39. The van der Waals surface area contributed by atoms with E-state index in [1.807, 2.05) is 13.0 Å². The summed E-state index contributed by atoms with van der Waals surface area (Å²) < 4.78 is 44.6. The average molecular weight is 448 g/mol. The second-order valence-electron chi connectivity index (χ2n) is 7.24. The molecule has 0 radical (unpaired) electrons. The van der Waals surface area contributed by atoms with Crippen LogP contribution in [0, 0.1) is 12.3 Å². The molecule has 0 aromatic carbocycles. The SMILES string of the molecule is C=C/C(=C\C)c1cc(Oc2ccc(NC(=O)NC(=O)C(C)(C)C(F)(F)F)nc2C)ccn1. The van der Waals surface area contributed by atoms with Gasteiger partial charge in [-0.25, -0.2) is 9.78 Å². The van der Waals surface area contributed by atoms with Crippen LogP contribution < -0.4 is 15.4 Å². The number of allylic oxidation sites excluding steroid dienone is 3. The monoisotopic (exact) mass is 448 g/mol. The lowest BCUT2D eigenvalue weighted by Gasteiger charge is -2.25. The van der Waals surface area contributed by atoms with Crippen molar-refractivity contribution in [3.05, 3.63) is 60.6 Å². The van der Waals surface area contributed by atoms with Gasteiger partial charge in [0.2, 0.25) is 5.91 Å². The Morgan fingerprint density at radius 2 is 1.88 bits per heavy atom. The number of imide groups is 1. The van der Waals surface area contributed by atoms with Crippen LogP contribution in [0.3, 0.4) is 0 Å². The minimum atomic E-state index is -4.81. The van der Waals surface area contributed by atoms with E-state index in [-0.39, 0.29) is 5.82 Å². The van der Waals surface area contributed by atoms with Gasteiger partial charge in [-0.2, -0.15) is 13.2 Å². The van der Waals surface area contributed by atoms with Crippen LogP contribution in [0.1, 0.15) is 32.2 Å². The average Bonchev–Trinajstić information content (AvgIpc) is 2.70. The summed E-state index contributed by atoms with van der Waals surface area (Å²) in [5.74, 6) is -0.557. The third-order valence-corrected chi connectivity index (χ3v) is 4.57. The second-order valence-corrected chi connectivity index (χ2v) is 7.24. The summed E-state index contributed by atoms with van der Waals surface area (Å²) in [5.41, 5.74) is -0.822. The zero-order chi connectivity index (χ0) is 24.1. The third kappa shape index (κ3) is 5.71. The number of hydrogen-bond acceptors (Lipinski definition) is 5. The number of halogens is 3. The first-order valence-electron chi connectivity index (χ1n) is 9.49. The van der Waals surface area contributed by atoms with Gasteiger partial charge >= 0.3 is 12.2 Å². The van der Waals surface area contributed by atoms with Crippen molar-refractivity contribution in [3.63, 3.8) is 0 Å². The highest BCUT2D eigenvalue weighted by molar-refractivity contribution is 6.02. The number of aromatic nitrogens is 2. The Hall–Kier alpha value is -3.69. The largest absolute Gasteiger partial charge is 0.455 e. The number of aryl methyl sites for hydroxylation is 1. The maximum absolute atomic E-state index is 12.9. The van der Waals surface area contributed by atoms with Gasteiger partial charge in [-0.15, -0.1) is 0 Å². The number of nitrogens with zero attached hydrogens (tertiary/aromatic N) is 2. The predicted octanol–water partition coefficient (Wildman–Crippen LogP) is 5.40. The quantitative estimate of drug-likeness (QED) is 0.577. The Balaban J connectivity index is 2.10. The Morgan fingerprint density at radius 3 is 2.44 bits per heavy atom. The Kier molecular flexibility index (Phi) is 7.40. The molecule has 2 N–H and O–H groups in total. The molecule has 0 atom stereocenters. The van der Waals surface area contributed by atoms with E-state index in [2.05, 4.69) is 21.9 Å². The van der Waals surface area contributed by atoms with E-state index in [0.29, 0.717) is 36.7 Å². The highest BCUT2D eigenvalue weighted by Crippen LogP contribution is 2.37. The van der Waals surface area contributed by atoms with E-state index in [1.54, 1.807) is 36.6 Å². The van der Waals surface area contributed by atoms with Crippen LogP contribution in [0.15, 0.2) is 49.2 Å². The van der Waals surface area contributed by atoms with Crippen molar-refractivity contribution >= 4 is 23.3 Å². The molecule has 0 bridgehead atoms. The number of carbonyl (C=O) groups is 2. The molecule has 10 heteroatoms. The molecular weight excluding hydrogens is 425 g/mol. The standard InChI is InChI=1S/C22H23F3N4O3/c1-6-14(7-2)16-12-15(10-11-26-16)32-17-8-9-18(27-13(17)3)28-20(31)29-19(30)21(4,5)22(23,24)25/h6-12H,1H2,2-5H3,(H2,27,28,29,30,31)/b14-7+. The summed E-state index contributed by atoms with van der Waals surface area (Å²) in [6.07, 6.45) is 0.306. The van der Waals surface area contributed by atoms with Gasteiger partial charge in [0.15, 0.2) is 0 Å². The van der Waals surface area contributed by atoms with Crippen molar-refractivity contribution in [2.24, 2.45) is 5.41 Å². The lowest BCUT2D eigenvalue weighted by Crippen LogP contribution is -2.49. The van der Waals surface area contributed by atoms with Gasteiger partial charge < -0.3 is 4.74 Å². The first kappa shape index (κ1) is 24.6. The van der Waals surface area contributed by atoms with Gasteiger partial charge in [0, 0.05) is 12.3 Å². The molecule has 0 aliphatic heterocycles. The molecule has 2 aromatic heterocycles. The smallest absolute Gasteiger partial charge is 0.402 e. The van der Waals surface area contributed by atoms with Gasteiger partial charge in [0.1, 0.15) is 22.7 Å². The lowest BCUT2D eigenvalue weighted by atomic mass is 9.92. The topological polar surface area (TPSA) is 93.2 Å². The van der Waals surface area contributed by atoms with Crippen LogP contribution in [0.2, 0.25) is 0 Å². The number of nitrogens with one attached hydrogen (secondary N) is 2. The summed E-state index contributed by atoms with van der Waals surface area (Å²) in [4.78, 5) is 32.2. The van der Waals surface area contributed by atoms with E-state index in [0.717, 1.165) is 5.57 Å². The van der Waals surface area contributed by atoms with Gasteiger partial charge in [-0.1, -0.05) is 18.7 Å². The van der Waals surface area contributed by atoms with Crippen molar-refractivity contribution in [1.82, 2.24) is 15.3 Å². The zero-order valence-corrected chi connectivity index (χ0v) is 18.0. The predicted molar refractivity (Wildman–Crippen MR) is 114 cm³/mol. The van der Waals surface area contributed by atoms with E-state index in [9.17, 15) is 22.8 Å². The molecule has 0 aliphatic carbocycles. The number of ether oxygens (including phenoxy) is 1. The van der Waals surface area contributed by atoms with Crippen LogP contribution in [0.25, 0.3) is 5.57 Å². The first-order chi connectivity index (χ1) is 14.9. The number of carbonyl (C=O) groups excluding carboxylic acids is 2. The summed E-state index contributed by atoms with van der Waals surface area (Å²) in [5, 5.41) is 3.91. The minimum Gasteiger partial charge on any atom is -0.455 e. The van der Waals surface area contributed by atoms with Crippen LogP contribution >= 0.6 is 0 Å². The fraction of sp³-hybridized carbons (Fsp3) is 0.273. The van der Waals surface area contributed by atoms with Crippen molar-refractivity contribution in [2.45, 2.75) is 33.9 Å². The molecule has 0 saturated heterocycles. The molecule has 2 rings (SSSR count). The molecule has 0 fully saturated rings. The molecule has 2 aromatic rings. The van der Waals surface area contributed by atoms with Crippen LogP contribution in [-0.4, -0.2) is 28.1 Å². The summed E-state index contributed by atoms with van der Waals surface area (Å²) >= 11 is 0. The van der Waals surface area contributed by atoms with Crippen LogP contribution in [0.5, 0.6) is 11.5 Å². The number of pyridine rings is 2. The molecular formula is C22H23F3N4O3. The molecule has 3 amide bonds. The third-order valence-electron chi connectivity index (χ3n) is 4.57. The molecule has 170 valence electrons. The summed E-state index contributed by atoms with van der Waals surface area (Å²) in [6.45, 7) is 8.59. The molecule has 32 heavy (non-hydrogen) atoms. The van der Waals surface area contributed by atoms with E-state index in [4.69, 9.17) is 4.74 Å². The van der Waals surface area contributed by atoms with E-state index in [1.165, 1.54) is 12.1 Å². The van der Waals surface area contributed by atoms with E-state index < -0.39 is 23.5 Å². The zero-order valence-electron chi connectivity index (χ0n) is 18.0.